The summed E-state index contributed by atoms with van der Waals surface area (Å²) in [5.41, 5.74) is 0. The van der Waals surface area contributed by atoms with Gasteiger partial charge < -0.3 is 20.1 Å². The minimum absolute atomic E-state index is 0.0666. The molecule has 1 heterocycles. The summed E-state index contributed by atoms with van der Waals surface area (Å²) in [7, 11) is 1.62. The van der Waals surface area contributed by atoms with Gasteiger partial charge in [-0.1, -0.05) is 0 Å². The van der Waals surface area contributed by atoms with E-state index < -0.39 is 0 Å². The van der Waals surface area contributed by atoms with Crippen molar-refractivity contribution in [2.24, 2.45) is 0 Å². The second-order valence-electron chi connectivity index (χ2n) is 3.93. The zero-order valence-corrected chi connectivity index (χ0v) is 9.96. The summed E-state index contributed by atoms with van der Waals surface area (Å²) in [6.45, 7) is 3.59. The van der Waals surface area contributed by atoms with Gasteiger partial charge in [-0.05, 0) is 12.8 Å². The highest BCUT2D eigenvalue weighted by atomic mass is 16.5. The third-order valence-electron chi connectivity index (χ3n) is 2.55. The summed E-state index contributed by atoms with van der Waals surface area (Å²) in [4.78, 5) is 11.3. The zero-order chi connectivity index (χ0) is 11.6. The minimum atomic E-state index is 0.0666. The molecule has 1 saturated heterocycles. The van der Waals surface area contributed by atoms with Crippen molar-refractivity contribution in [1.29, 1.82) is 0 Å². The molecule has 94 valence electrons. The van der Waals surface area contributed by atoms with E-state index in [1.54, 1.807) is 7.11 Å². The van der Waals surface area contributed by atoms with Crippen molar-refractivity contribution in [3.8, 4) is 0 Å². The first-order valence-corrected chi connectivity index (χ1v) is 5.91. The number of nitrogens with one attached hydrogen (secondary N) is 2. The van der Waals surface area contributed by atoms with Crippen LogP contribution in [0.5, 0.6) is 0 Å². The van der Waals surface area contributed by atoms with Crippen molar-refractivity contribution in [1.82, 2.24) is 10.6 Å². The highest BCUT2D eigenvalue weighted by Gasteiger charge is 2.14. The fourth-order valence-corrected chi connectivity index (χ4v) is 1.65. The Labute approximate surface area is 96.9 Å². The quantitative estimate of drug-likeness (QED) is 0.572. The molecule has 0 saturated carbocycles. The molecule has 1 unspecified atom stereocenters. The van der Waals surface area contributed by atoms with E-state index in [1.807, 2.05) is 0 Å². The Hall–Kier alpha value is -0.650. The van der Waals surface area contributed by atoms with E-state index >= 15 is 0 Å². The predicted molar refractivity (Wildman–Crippen MR) is 61.3 cm³/mol. The summed E-state index contributed by atoms with van der Waals surface area (Å²) in [6, 6.07) is 0. The molecule has 0 radical (unpaired) electrons. The first-order valence-electron chi connectivity index (χ1n) is 5.91. The van der Waals surface area contributed by atoms with E-state index in [9.17, 15) is 4.79 Å². The lowest BCUT2D eigenvalue weighted by atomic mass is 10.2. The Morgan fingerprint density at radius 2 is 2.38 bits per heavy atom. The Morgan fingerprint density at radius 1 is 1.50 bits per heavy atom. The summed E-state index contributed by atoms with van der Waals surface area (Å²) < 4.78 is 10.3. The van der Waals surface area contributed by atoms with Gasteiger partial charge in [0.15, 0.2) is 0 Å². The molecule has 5 nitrogen and oxygen atoms in total. The van der Waals surface area contributed by atoms with Crippen LogP contribution < -0.4 is 10.6 Å². The van der Waals surface area contributed by atoms with Gasteiger partial charge in [-0.25, -0.2) is 0 Å². The molecule has 0 aliphatic carbocycles. The van der Waals surface area contributed by atoms with E-state index in [4.69, 9.17) is 9.47 Å². The van der Waals surface area contributed by atoms with Crippen LogP contribution in [0.3, 0.4) is 0 Å². The van der Waals surface area contributed by atoms with Gasteiger partial charge in [-0.2, -0.15) is 0 Å². The van der Waals surface area contributed by atoms with Crippen LogP contribution in [0.1, 0.15) is 19.3 Å². The molecule has 0 aromatic heterocycles. The maximum Gasteiger partial charge on any atom is 0.221 e. The van der Waals surface area contributed by atoms with Gasteiger partial charge in [0, 0.05) is 39.8 Å². The van der Waals surface area contributed by atoms with Gasteiger partial charge in [0.2, 0.25) is 5.91 Å². The van der Waals surface area contributed by atoms with E-state index in [1.165, 1.54) is 0 Å². The third kappa shape index (κ3) is 6.05. The summed E-state index contributed by atoms with van der Waals surface area (Å²) in [5.74, 6) is 0.0666. The van der Waals surface area contributed by atoms with Crippen molar-refractivity contribution in [2.75, 3.05) is 40.0 Å². The molecular formula is C11H22N2O3. The number of amides is 1. The molecule has 0 bridgehead atoms. The third-order valence-corrected chi connectivity index (χ3v) is 2.55. The molecule has 5 heteroatoms. The number of ether oxygens (including phenoxy) is 2. The van der Waals surface area contributed by atoms with Gasteiger partial charge in [0.25, 0.3) is 0 Å². The lowest BCUT2D eigenvalue weighted by Gasteiger charge is -2.10. The van der Waals surface area contributed by atoms with Crippen LogP contribution in [0.4, 0.5) is 0 Å². The smallest absolute Gasteiger partial charge is 0.221 e. The van der Waals surface area contributed by atoms with Crippen molar-refractivity contribution in [3.05, 3.63) is 0 Å². The van der Waals surface area contributed by atoms with E-state index in [-0.39, 0.29) is 5.91 Å². The molecule has 2 N–H and O–H groups in total. The van der Waals surface area contributed by atoms with Gasteiger partial charge >= 0.3 is 0 Å². The molecule has 0 aromatic rings. The molecular weight excluding hydrogens is 208 g/mol. The molecule has 1 aliphatic heterocycles. The van der Waals surface area contributed by atoms with Crippen LogP contribution in [-0.4, -0.2) is 52.0 Å². The number of carbonyl (C=O) groups excluding carboxylic acids is 1. The maximum atomic E-state index is 11.3. The van der Waals surface area contributed by atoms with Crippen molar-refractivity contribution < 1.29 is 14.3 Å². The van der Waals surface area contributed by atoms with Crippen molar-refractivity contribution in [3.63, 3.8) is 0 Å². The monoisotopic (exact) mass is 230 g/mol. The minimum Gasteiger partial charge on any atom is -0.383 e. The second kappa shape index (κ2) is 8.50. The number of carbonyl (C=O) groups is 1. The van der Waals surface area contributed by atoms with Crippen LogP contribution in [0.2, 0.25) is 0 Å². The van der Waals surface area contributed by atoms with Crippen molar-refractivity contribution >= 4 is 5.91 Å². The summed E-state index contributed by atoms with van der Waals surface area (Å²) in [6.07, 6.45) is 3.14. The van der Waals surface area contributed by atoms with Crippen LogP contribution >= 0.6 is 0 Å². The highest BCUT2D eigenvalue weighted by molar-refractivity contribution is 5.75. The van der Waals surface area contributed by atoms with Gasteiger partial charge in [-0.15, -0.1) is 0 Å². The summed E-state index contributed by atoms with van der Waals surface area (Å²) in [5, 5.41) is 6.01. The molecule has 1 aliphatic rings. The number of hydrogen-bond donors (Lipinski definition) is 2. The van der Waals surface area contributed by atoms with Crippen LogP contribution in [0, 0.1) is 0 Å². The predicted octanol–water partition coefficient (Wildman–Crippen LogP) is -0.0923. The second-order valence-corrected chi connectivity index (χ2v) is 3.93. The number of rotatable bonds is 8. The average Bonchev–Trinajstić information content (AvgIpc) is 2.78. The fourth-order valence-electron chi connectivity index (χ4n) is 1.65. The maximum absolute atomic E-state index is 11.3. The van der Waals surface area contributed by atoms with Gasteiger partial charge in [-0.3, -0.25) is 4.79 Å². The average molecular weight is 230 g/mol. The molecule has 1 rings (SSSR count). The normalized spacial score (nSPS) is 19.9. The van der Waals surface area contributed by atoms with Crippen LogP contribution in [0.15, 0.2) is 0 Å². The van der Waals surface area contributed by atoms with Crippen LogP contribution in [-0.2, 0) is 14.3 Å². The SMILES string of the molecule is COCCNC(=O)CCNCC1CCCO1. The first-order chi connectivity index (χ1) is 7.83. The summed E-state index contributed by atoms with van der Waals surface area (Å²) >= 11 is 0. The molecule has 0 aromatic carbocycles. The highest BCUT2D eigenvalue weighted by Crippen LogP contribution is 2.10. The lowest BCUT2D eigenvalue weighted by molar-refractivity contribution is -0.121. The molecule has 1 atom stereocenters. The van der Waals surface area contributed by atoms with E-state index in [0.717, 1.165) is 26.0 Å². The number of hydrogen-bond acceptors (Lipinski definition) is 4. The topological polar surface area (TPSA) is 59.6 Å². The van der Waals surface area contributed by atoms with Gasteiger partial charge in [0.1, 0.15) is 0 Å². The van der Waals surface area contributed by atoms with Crippen LogP contribution in [0.25, 0.3) is 0 Å². The largest absolute Gasteiger partial charge is 0.383 e. The fraction of sp³-hybridized carbons (Fsp3) is 0.909. The molecule has 16 heavy (non-hydrogen) atoms. The Balaban J connectivity index is 1.87. The van der Waals surface area contributed by atoms with Crippen molar-refractivity contribution in [2.45, 2.75) is 25.4 Å². The lowest BCUT2D eigenvalue weighted by Crippen LogP contribution is -2.32. The van der Waals surface area contributed by atoms with E-state index in [0.29, 0.717) is 32.2 Å². The Kier molecular flexibility index (Phi) is 7.12. The Morgan fingerprint density at radius 3 is 3.06 bits per heavy atom. The standard InChI is InChI=1S/C11H22N2O3/c1-15-8-6-13-11(14)4-5-12-9-10-3-2-7-16-10/h10,12H,2-9H2,1H3,(H,13,14). The Bertz CT molecular complexity index is 194. The molecule has 1 fully saturated rings. The van der Waals surface area contributed by atoms with E-state index in [2.05, 4.69) is 10.6 Å². The molecule has 0 spiro atoms. The number of methoxy groups -OCH3 is 1. The van der Waals surface area contributed by atoms with Gasteiger partial charge in [0.05, 0.1) is 12.7 Å². The molecule has 1 amide bonds. The zero-order valence-electron chi connectivity index (χ0n) is 9.96. The first kappa shape index (κ1) is 13.4.